The lowest BCUT2D eigenvalue weighted by atomic mass is 10.1. The van der Waals surface area contributed by atoms with Crippen LogP contribution < -0.4 is 5.32 Å². The monoisotopic (exact) mass is 285 g/mol. The molecule has 21 heavy (non-hydrogen) atoms. The van der Waals surface area contributed by atoms with E-state index < -0.39 is 0 Å². The molecule has 3 rings (SSSR count). The van der Waals surface area contributed by atoms with Crippen molar-refractivity contribution in [1.29, 1.82) is 0 Å². The number of amides is 1. The maximum Gasteiger partial charge on any atom is 0.261 e. The fourth-order valence-electron chi connectivity index (χ4n) is 2.26. The van der Waals surface area contributed by atoms with Gasteiger partial charge >= 0.3 is 0 Å². The van der Waals surface area contributed by atoms with Gasteiger partial charge in [-0.25, -0.2) is 4.98 Å². The lowest BCUT2D eigenvalue weighted by Crippen LogP contribution is -2.14. The van der Waals surface area contributed by atoms with E-state index in [2.05, 4.69) is 15.5 Å². The van der Waals surface area contributed by atoms with E-state index >= 15 is 0 Å². The number of aryl methyl sites for hydroxylation is 3. The Bertz CT molecular complexity index is 817. The van der Waals surface area contributed by atoms with Crippen molar-refractivity contribution in [3.05, 3.63) is 41.1 Å². The van der Waals surface area contributed by atoms with E-state index in [1.807, 2.05) is 6.92 Å². The van der Waals surface area contributed by atoms with Crippen LogP contribution in [0.15, 0.2) is 27.1 Å². The third-order valence-corrected chi connectivity index (χ3v) is 3.25. The van der Waals surface area contributed by atoms with E-state index in [-0.39, 0.29) is 5.91 Å². The fraction of sp³-hybridized carbons (Fsp3) is 0.267. The zero-order chi connectivity index (χ0) is 15.0. The Morgan fingerprint density at radius 1 is 1.33 bits per heavy atom. The van der Waals surface area contributed by atoms with Crippen molar-refractivity contribution >= 4 is 22.7 Å². The maximum absolute atomic E-state index is 12.4. The summed E-state index contributed by atoms with van der Waals surface area (Å²) in [5.41, 5.74) is 3.21. The molecular weight excluding hydrogens is 270 g/mol. The summed E-state index contributed by atoms with van der Waals surface area (Å²) >= 11 is 0. The van der Waals surface area contributed by atoms with Crippen LogP contribution in [0.5, 0.6) is 0 Å². The average Bonchev–Trinajstić information content (AvgIpc) is 2.99. The first-order chi connectivity index (χ1) is 10.1. The van der Waals surface area contributed by atoms with Crippen LogP contribution in [0.2, 0.25) is 0 Å². The molecule has 0 saturated heterocycles. The maximum atomic E-state index is 12.4. The van der Waals surface area contributed by atoms with Crippen LogP contribution in [-0.4, -0.2) is 16.0 Å². The SMILES string of the molecule is CCc1noc(C)c1C(=O)Nc1ccc2oc(C)nc2c1. The Balaban J connectivity index is 1.90. The van der Waals surface area contributed by atoms with Crippen molar-refractivity contribution in [3.8, 4) is 0 Å². The minimum absolute atomic E-state index is 0.231. The predicted molar refractivity (Wildman–Crippen MR) is 77.3 cm³/mol. The van der Waals surface area contributed by atoms with Crippen molar-refractivity contribution in [3.63, 3.8) is 0 Å². The number of hydrogen-bond acceptors (Lipinski definition) is 5. The summed E-state index contributed by atoms with van der Waals surface area (Å²) in [6.45, 7) is 5.44. The fourth-order valence-corrected chi connectivity index (χ4v) is 2.26. The van der Waals surface area contributed by atoms with Gasteiger partial charge in [-0.3, -0.25) is 4.79 Å². The number of hydrogen-bond donors (Lipinski definition) is 1. The third kappa shape index (κ3) is 2.40. The lowest BCUT2D eigenvalue weighted by molar-refractivity contribution is 0.102. The van der Waals surface area contributed by atoms with E-state index in [1.165, 1.54) is 0 Å². The highest BCUT2D eigenvalue weighted by molar-refractivity contribution is 6.06. The highest BCUT2D eigenvalue weighted by atomic mass is 16.5. The van der Waals surface area contributed by atoms with Gasteiger partial charge in [-0.1, -0.05) is 12.1 Å². The summed E-state index contributed by atoms with van der Waals surface area (Å²) in [6, 6.07) is 5.34. The van der Waals surface area contributed by atoms with Crippen LogP contribution in [0.1, 0.15) is 34.6 Å². The van der Waals surface area contributed by atoms with Crippen LogP contribution in [0, 0.1) is 13.8 Å². The first-order valence-electron chi connectivity index (χ1n) is 6.72. The van der Waals surface area contributed by atoms with Crippen LogP contribution in [0.3, 0.4) is 0 Å². The Labute approximate surface area is 121 Å². The second-order valence-electron chi connectivity index (χ2n) is 4.78. The topological polar surface area (TPSA) is 81.2 Å². The number of nitrogens with one attached hydrogen (secondary N) is 1. The Hall–Kier alpha value is -2.63. The molecule has 0 spiro atoms. The third-order valence-electron chi connectivity index (χ3n) is 3.25. The quantitative estimate of drug-likeness (QED) is 0.798. The lowest BCUT2D eigenvalue weighted by Gasteiger charge is -2.04. The van der Waals surface area contributed by atoms with Gasteiger partial charge in [0.2, 0.25) is 0 Å². The van der Waals surface area contributed by atoms with Crippen LogP contribution in [0.4, 0.5) is 5.69 Å². The van der Waals surface area contributed by atoms with E-state index in [9.17, 15) is 4.79 Å². The van der Waals surface area contributed by atoms with E-state index in [0.717, 1.165) is 0 Å². The normalized spacial score (nSPS) is 11.0. The second kappa shape index (κ2) is 5.05. The minimum Gasteiger partial charge on any atom is -0.441 e. The molecule has 0 atom stereocenters. The molecule has 0 aliphatic heterocycles. The summed E-state index contributed by atoms with van der Waals surface area (Å²) in [6.07, 6.45) is 0.640. The van der Waals surface area contributed by atoms with Crippen molar-refractivity contribution in [2.45, 2.75) is 27.2 Å². The molecule has 0 fully saturated rings. The molecule has 6 nitrogen and oxygen atoms in total. The summed E-state index contributed by atoms with van der Waals surface area (Å²) < 4.78 is 10.5. The summed E-state index contributed by atoms with van der Waals surface area (Å²) in [5.74, 6) is 0.879. The second-order valence-corrected chi connectivity index (χ2v) is 4.78. The summed E-state index contributed by atoms with van der Waals surface area (Å²) in [4.78, 5) is 16.6. The Morgan fingerprint density at radius 2 is 2.14 bits per heavy atom. The van der Waals surface area contributed by atoms with Crippen LogP contribution >= 0.6 is 0 Å². The highest BCUT2D eigenvalue weighted by Gasteiger charge is 2.19. The van der Waals surface area contributed by atoms with Gasteiger partial charge < -0.3 is 14.3 Å². The molecule has 0 unspecified atom stereocenters. The smallest absolute Gasteiger partial charge is 0.261 e. The molecule has 2 heterocycles. The molecule has 2 aromatic heterocycles. The van der Waals surface area contributed by atoms with E-state index in [1.54, 1.807) is 32.0 Å². The number of fused-ring (bicyclic) bond motifs is 1. The Morgan fingerprint density at radius 3 is 2.90 bits per heavy atom. The first-order valence-corrected chi connectivity index (χ1v) is 6.72. The van der Waals surface area contributed by atoms with Crippen LogP contribution in [0.25, 0.3) is 11.1 Å². The van der Waals surface area contributed by atoms with Crippen molar-refractivity contribution in [2.24, 2.45) is 0 Å². The molecule has 3 aromatic rings. The Kier molecular flexibility index (Phi) is 3.21. The molecule has 1 amide bonds. The van der Waals surface area contributed by atoms with Crippen molar-refractivity contribution in [2.75, 3.05) is 5.32 Å². The van der Waals surface area contributed by atoms with Gasteiger partial charge in [-0.05, 0) is 31.5 Å². The van der Waals surface area contributed by atoms with Crippen LogP contribution in [-0.2, 0) is 6.42 Å². The van der Waals surface area contributed by atoms with Gasteiger partial charge in [0.15, 0.2) is 11.5 Å². The van der Waals surface area contributed by atoms with Gasteiger partial charge in [0, 0.05) is 12.6 Å². The number of nitrogens with zero attached hydrogens (tertiary/aromatic N) is 2. The summed E-state index contributed by atoms with van der Waals surface area (Å²) in [5, 5.41) is 6.73. The zero-order valence-electron chi connectivity index (χ0n) is 12.1. The average molecular weight is 285 g/mol. The molecule has 1 aromatic carbocycles. The van der Waals surface area contributed by atoms with Crippen molar-refractivity contribution < 1.29 is 13.7 Å². The molecule has 6 heteroatoms. The molecule has 108 valence electrons. The number of carbonyl (C=O) groups is 1. The summed E-state index contributed by atoms with van der Waals surface area (Å²) in [7, 11) is 0. The highest BCUT2D eigenvalue weighted by Crippen LogP contribution is 2.21. The van der Waals surface area contributed by atoms with Crippen molar-refractivity contribution in [1.82, 2.24) is 10.1 Å². The number of anilines is 1. The zero-order valence-corrected chi connectivity index (χ0v) is 12.1. The minimum atomic E-state index is -0.231. The molecule has 0 radical (unpaired) electrons. The standard InChI is InChI=1S/C15H15N3O3/c1-4-11-14(8(2)21-18-11)15(19)17-10-5-6-13-12(7-10)16-9(3)20-13/h5-7H,4H2,1-3H3,(H,17,19). The number of rotatable bonds is 3. The van der Waals surface area contributed by atoms with Gasteiger partial charge in [-0.15, -0.1) is 0 Å². The van der Waals surface area contributed by atoms with Gasteiger partial charge in [0.05, 0.1) is 5.69 Å². The number of carbonyl (C=O) groups excluding carboxylic acids is 1. The molecule has 0 aliphatic carbocycles. The number of aromatic nitrogens is 2. The molecule has 0 aliphatic rings. The van der Waals surface area contributed by atoms with Gasteiger partial charge in [0.25, 0.3) is 5.91 Å². The van der Waals surface area contributed by atoms with E-state index in [4.69, 9.17) is 8.94 Å². The van der Waals surface area contributed by atoms with Gasteiger partial charge in [0.1, 0.15) is 16.8 Å². The number of benzene rings is 1. The van der Waals surface area contributed by atoms with Gasteiger partial charge in [-0.2, -0.15) is 0 Å². The predicted octanol–water partition coefficient (Wildman–Crippen LogP) is 3.25. The molecule has 0 saturated carbocycles. The molecule has 1 N–H and O–H groups in total. The van der Waals surface area contributed by atoms with E-state index in [0.29, 0.717) is 46.1 Å². The largest absolute Gasteiger partial charge is 0.441 e. The number of oxazole rings is 1. The molecule has 0 bridgehead atoms. The molecular formula is C15H15N3O3. The first kappa shape index (κ1) is 13.4.